The maximum Gasteiger partial charge on any atom is 0.232 e. The summed E-state index contributed by atoms with van der Waals surface area (Å²) in [5.74, 6) is 0. The fourth-order valence-electron chi connectivity index (χ4n) is 1.62. The van der Waals surface area contributed by atoms with Crippen molar-refractivity contribution in [2.75, 3.05) is 23.7 Å². The van der Waals surface area contributed by atoms with Gasteiger partial charge in [-0.05, 0) is 37.1 Å². The first kappa shape index (κ1) is 14.0. The van der Waals surface area contributed by atoms with Gasteiger partial charge in [-0.3, -0.25) is 4.31 Å². The Labute approximate surface area is 103 Å². The van der Waals surface area contributed by atoms with Gasteiger partial charge in [0.1, 0.15) is 0 Å². The minimum Gasteiger partial charge on any atom is -0.330 e. The van der Waals surface area contributed by atoms with Crippen molar-refractivity contribution in [2.45, 2.75) is 19.8 Å². The summed E-state index contributed by atoms with van der Waals surface area (Å²) in [6, 6.07) is 7.60. The minimum atomic E-state index is -3.23. The lowest BCUT2D eigenvalue weighted by Crippen LogP contribution is -2.31. The Bertz CT molecular complexity index is 440. The van der Waals surface area contributed by atoms with E-state index in [9.17, 15) is 8.42 Å². The number of rotatable bonds is 6. The van der Waals surface area contributed by atoms with Gasteiger partial charge < -0.3 is 5.73 Å². The minimum absolute atomic E-state index is 0.431. The van der Waals surface area contributed by atoms with Crippen LogP contribution in [0.2, 0.25) is 0 Å². The quantitative estimate of drug-likeness (QED) is 0.836. The van der Waals surface area contributed by atoms with Gasteiger partial charge in [0.15, 0.2) is 0 Å². The number of aryl methyl sites for hydroxylation is 1. The third kappa shape index (κ3) is 4.02. The predicted molar refractivity (Wildman–Crippen MR) is 71.7 cm³/mol. The van der Waals surface area contributed by atoms with E-state index in [0.717, 1.165) is 6.42 Å². The highest BCUT2D eigenvalue weighted by Gasteiger charge is 2.16. The first-order chi connectivity index (χ1) is 7.99. The average molecular weight is 256 g/mol. The van der Waals surface area contributed by atoms with Gasteiger partial charge in [0, 0.05) is 6.54 Å². The lowest BCUT2D eigenvalue weighted by Gasteiger charge is -2.22. The molecule has 0 bridgehead atoms. The number of nitrogens with zero attached hydrogens (tertiary/aromatic N) is 1. The van der Waals surface area contributed by atoms with Gasteiger partial charge in [0.05, 0.1) is 11.9 Å². The Morgan fingerprint density at radius 1 is 1.24 bits per heavy atom. The third-order valence-electron chi connectivity index (χ3n) is 2.60. The Morgan fingerprint density at radius 2 is 1.82 bits per heavy atom. The standard InChI is InChI=1S/C12H20N2O2S/c1-3-11-5-7-12(8-6-11)14(10-4-9-13)17(2,15)16/h5-8H,3-4,9-10,13H2,1-2H3. The smallest absolute Gasteiger partial charge is 0.232 e. The Kier molecular flexibility index (Phi) is 4.96. The van der Waals surface area contributed by atoms with Crippen LogP contribution in [0.4, 0.5) is 5.69 Å². The molecule has 0 aliphatic rings. The molecule has 96 valence electrons. The molecule has 0 radical (unpaired) electrons. The summed E-state index contributed by atoms with van der Waals surface area (Å²) < 4.78 is 24.8. The molecule has 0 aliphatic heterocycles. The zero-order valence-electron chi connectivity index (χ0n) is 10.4. The van der Waals surface area contributed by atoms with Crippen LogP contribution >= 0.6 is 0 Å². The van der Waals surface area contributed by atoms with Crippen molar-refractivity contribution in [3.8, 4) is 0 Å². The molecule has 1 rings (SSSR count). The number of benzene rings is 1. The molecule has 0 unspecified atom stereocenters. The van der Waals surface area contributed by atoms with E-state index in [1.165, 1.54) is 16.1 Å². The molecule has 0 spiro atoms. The summed E-state index contributed by atoms with van der Waals surface area (Å²) in [7, 11) is -3.23. The molecule has 0 saturated heterocycles. The Hall–Kier alpha value is -1.07. The van der Waals surface area contributed by atoms with Crippen molar-refractivity contribution in [2.24, 2.45) is 5.73 Å². The molecule has 17 heavy (non-hydrogen) atoms. The molecular formula is C12H20N2O2S. The van der Waals surface area contributed by atoms with Crippen molar-refractivity contribution >= 4 is 15.7 Å². The van der Waals surface area contributed by atoms with Crippen molar-refractivity contribution in [3.05, 3.63) is 29.8 Å². The first-order valence-electron chi connectivity index (χ1n) is 5.75. The topological polar surface area (TPSA) is 63.4 Å². The maximum absolute atomic E-state index is 11.7. The summed E-state index contributed by atoms with van der Waals surface area (Å²) in [4.78, 5) is 0. The fraction of sp³-hybridized carbons (Fsp3) is 0.500. The fourth-order valence-corrected chi connectivity index (χ4v) is 2.58. The second-order valence-corrected chi connectivity index (χ2v) is 5.90. The zero-order valence-corrected chi connectivity index (χ0v) is 11.2. The second-order valence-electron chi connectivity index (χ2n) is 4.00. The van der Waals surface area contributed by atoms with E-state index in [-0.39, 0.29) is 0 Å². The molecule has 5 heteroatoms. The van der Waals surface area contributed by atoms with Gasteiger partial charge >= 0.3 is 0 Å². The summed E-state index contributed by atoms with van der Waals surface area (Å²) in [5.41, 5.74) is 7.32. The van der Waals surface area contributed by atoms with Crippen molar-refractivity contribution in [1.29, 1.82) is 0 Å². The summed E-state index contributed by atoms with van der Waals surface area (Å²) in [6.07, 6.45) is 2.82. The van der Waals surface area contributed by atoms with Gasteiger partial charge in [-0.15, -0.1) is 0 Å². The van der Waals surface area contributed by atoms with E-state index in [4.69, 9.17) is 5.73 Å². The molecule has 0 atom stereocenters. The van der Waals surface area contributed by atoms with E-state index in [2.05, 4.69) is 6.92 Å². The van der Waals surface area contributed by atoms with Gasteiger partial charge in [-0.2, -0.15) is 0 Å². The van der Waals surface area contributed by atoms with Crippen LogP contribution in [0.5, 0.6) is 0 Å². The number of nitrogens with two attached hydrogens (primary N) is 1. The van der Waals surface area contributed by atoms with E-state index in [1.54, 1.807) is 0 Å². The van der Waals surface area contributed by atoms with Crippen LogP contribution in [0.15, 0.2) is 24.3 Å². The molecule has 4 nitrogen and oxygen atoms in total. The summed E-state index contributed by atoms with van der Waals surface area (Å²) in [5, 5.41) is 0. The molecule has 0 fully saturated rings. The van der Waals surface area contributed by atoms with Crippen LogP contribution in [0.3, 0.4) is 0 Å². The van der Waals surface area contributed by atoms with Crippen LogP contribution in [0.1, 0.15) is 18.9 Å². The van der Waals surface area contributed by atoms with Crippen molar-refractivity contribution < 1.29 is 8.42 Å². The normalized spacial score (nSPS) is 11.5. The molecule has 1 aromatic rings. The second kappa shape index (κ2) is 6.02. The summed E-state index contributed by atoms with van der Waals surface area (Å²) in [6.45, 7) is 2.98. The predicted octanol–water partition coefficient (Wildman–Crippen LogP) is 1.36. The first-order valence-corrected chi connectivity index (χ1v) is 7.60. The van der Waals surface area contributed by atoms with E-state index in [1.807, 2.05) is 24.3 Å². The number of anilines is 1. The highest BCUT2D eigenvalue weighted by atomic mass is 32.2. The lowest BCUT2D eigenvalue weighted by atomic mass is 10.1. The Balaban J connectivity index is 2.96. The van der Waals surface area contributed by atoms with E-state index >= 15 is 0 Å². The largest absolute Gasteiger partial charge is 0.330 e. The molecule has 0 aliphatic carbocycles. The van der Waals surface area contributed by atoms with Crippen molar-refractivity contribution in [3.63, 3.8) is 0 Å². The monoisotopic (exact) mass is 256 g/mol. The Morgan fingerprint density at radius 3 is 2.24 bits per heavy atom. The van der Waals surface area contributed by atoms with Crippen molar-refractivity contribution in [1.82, 2.24) is 0 Å². The molecule has 0 heterocycles. The van der Waals surface area contributed by atoms with E-state index in [0.29, 0.717) is 25.2 Å². The molecule has 0 amide bonds. The number of sulfonamides is 1. The van der Waals surface area contributed by atoms with Crippen LogP contribution in [-0.2, 0) is 16.4 Å². The number of hydrogen-bond acceptors (Lipinski definition) is 3. The van der Waals surface area contributed by atoms with Crippen LogP contribution in [-0.4, -0.2) is 27.8 Å². The number of hydrogen-bond donors (Lipinski definition) is 1. The van der Waals surface area contributed by atoms with Gasteiger partial charge in [-0.25, -0.2) is 8.42 Å². The van der Waals surface area contributed by atoms with E-state index < -0.39 is 10.0 Å². The van der Waals surface area contributed by atoms with Crippen LogP contribution in [0.25, 0.3) is 0 Å². The third-order valence-corrected chi connectivity index (χ3v) is 3.79. The zero-order chi connectivity index (χ0) is 12.9. The highest BCUT2D eigenvalue weighted by molar-refractivity contribution is 7.92. The molecule has 1 aromatic carbocycles. The summed E-state index contributed by atoms with van der Waals surface area (Å²) >= 11 is 0. The molecular weight excluding hydrogens is 236 g/mol. The molecule has 2 N–H and O–H groups in total. The highest BCUT2D eigenvalue weighted by Crippen LogP contribution is 2.18. The molecule has 0 aromatic heterocycles. The van der Waals surface area contributed by atoms with Crippen LogP contribution < -0.4 is 10.0 Å². The lowest BCUT2D eigenvalue weighted by molar-refractivity contribution is 0.595. The molecule has 0 saturated carbocycles. The van der Waals surface area contributed by atoms with Gasteiger partial charge in [-0.1, -0.05) is 19.1 Å². The SMILES string of the molecule is CCc1ccc(N(CCCN)S(C)(=O)=O)cc1. The van der Waals surface area contributed by atoms with Gasteiger partial charge in [0.2, 0.25) is 10.0 Å². The van der Waals surface area contributed by atoms with Gasteiger partial charge in [0.25, 0.3) is 0 Å². The maximum atomic E-state index is 11.7. The van der Waals surface area contributed by atoms with Crippen LogP contribution in [0, 0.1) is 0 Å². The average Bonchev–Trinajstić information content (AvgIpc) is 2.29.